The van der Waals surface area contributed by atoms with E-state index in [0.717, 1.165) is 38.9 Å². The number of amides is 1. The third kappa shape index (κ3) is 3.92. The average molecular weight is 315 g/mol. The van der Waals surface area contributed by atoms with Crippen LogP contribution in [0.5, 0.6) is 0 Å². The maximum atomic E-state index is 11.0. The van der Waals surface area contributed by atoms with E-state index in [0.29, 0.717) is 6.54 Å². The van der Waals surface area contributed by atoms with Crippen molar-refractivity contribution in [1.29, 1.82) is 0 Å². The summed E-state index contributed by atoms with van der Waals surface area (Å²) < 4.78 is 0. The van der Waals surface area contributed by atoms with Gasteiger partial charge >= 0.3 is 0 Å². The lowest BCUT2D eigenvalue weighted by Gasteiger charge is -2.29. The Morgan fingerprint density at radius 1 is 1.35 bits per heavy atom. The van der Waals surface area contributed by atoms with E-state index in [-0.39, 0.29) is 12.0 Å². The second-order valence-corrected chi connectivity index (χ2v) is 6.39. The fraction of sp³-hybridized carbons (Fsp3) is 0.500. The summed E-state index contributed by atoms with van der Waals surface area (Å²) >= 11 is 0. The van der Waals surface area contributed by atoms with Crippen LogP contribution in [0.2, 0.25) is 0 Å². The first-order chi connectivity index (χ1) is 11.1. The second kappa shape index (κ2) is 7.15. The van der Waals surface area contributed by atoms with Gasteiger partial charge in [0.2, 0.25) is 5.91 Å². The molecule has 1 fully saturated rings. The Labute approximate surface area is 136 Å². The fourth-order valence-electron chi connectivity index (χ4n) is 3.31. The van der Waals surface area contributed by atoms with E-state index >= 15 is 0 Å². The summed E-state index contributed by atoms with van der Waals surface area (Å²) in [5.74, 6) is 0.0119. The predicted octanol–water partition coefficient (Wildman–Crippen LogP) is 1.80. The molecule has 124 valence electrons. The molecule has 0 aliphatic carbocycles. The van der Waals surface area contributed by atoms with Crippen molar-refractivity contribution < 1.29 is 9.90 Å². The molecule has 1 amide bonds. The molecule has 23 heavy (non-hydrogen) atoms. The minimum atomic E-state index is -0.132. The number of aromatic nitrogens is 1. The van der Waals surface area contributed by atoms with E-state index in [4.69, 9.17) is 0 Å². The van der Waals surface area contributed by atoms with Crippen LogP contribution < -0.4 is 5.32 Å². The third-order valence-electron chi connectivity index (χ3n) is 4.61. The zero-order valence-corrected chi connectivity index (χ0v) is 13.6. The molecule has 1 aromatic carbocycles. The molecular formula is C18H25N3O2. The van der Waals surface area contributed by atoms with Crippen LogP contribution in [-0.4, -0.2) is 46.6 Å². The molecule has 2 heterocycles. The molecule has 2 aromatic rings. The van der Waals surface area contributed by atoms with Gasteiger partial charge in [0, 0.05) is 44.7 Å². The Morgan fingerprint density at radius 2 is 2.13 bits per heavy atom. The monoisotopic (exact) mass is 315 g/mol. The number of piperidine rings is 1. The molecule has 1 aromatic heterocycles. The lowest BCUT2D eigenvalue weighted by atomic mass is 10.0. The SMILES string of the molecule is CC(=O)NCCc1c[nH]c2c(CN3CCC(O)CC3)cccc12. The summed E-state index contributed by atoms with van der Waals surface area (Å²) in [5.41, 5.74) is 3.73. The molecule has 1 aliphatic rings. The molecule has 0 atom stereocenters. The number of aromatic amines is 1. The number of para-hydroxylation sites is 1. The van der Waals surface area contributed by atoms with Crippen LogP contribution in [0.3, 0.4) is 0 Å². The normalized spacial score (nSPS) is 16.8. The molecule has 0 bridgehead atoms. The van der Waals surface area contributed by atoms with Crippen molar-refractivity contribution in [3.8, 4) is 0 Å². The smallest absolute Gasteiger partial charge is 0.216 e. The fourth-order valence-corrected chi connectivity index (χ4v) is 3.31. The molecule has 5 nitrogen and oxygen atoms in total. The van der Waals surface area contributed by atoms with E-state index < -0.39 is 0 Å². The maximum Gasteiger partial charge on any atom is 0.216 e. The van der Waals surface area contributed by atoms with Crippen molar-refractivity contribution in [2.75, 3.05) is 19.6 Å². The first kappa shape index (κ1) is 16.0. The van der Waals surface area contributed by atoms with Gasteiger partial charge in [-0.05, 0) is 30.4 Å². The summed E-state index contributed by atoms with van der Waals surface area (Å²) in [7, 11) is 0. The highest BCUT2D eigenvalue weighted by Crippen LogP contribution is 2.24. The largest absolute Gasteiger partial charge is 0.393 e. The van der Waals surface area contributed by atoms with Gasteiger partial charge in [0.25, 0.3) is 0 Å². The zero-order valence-electron chi connectivity index (χ0n) is 13.6. The minimum absolute atomic E-state index is 0.0119. The van der Waals surface area contributed by atoms with E-state index in [9.17, 15) is 9.90 Å². The summed E-state index contributed by atoms with van der Waals surface area (Å²) in [6.45, 7) is 5.02. The number of aliphatic hydroxyl groups is 1. The van der Waals surface area contributed by atoms with Gasteiger partial charge in [-0.25, -0.2) is 0 Å². The van der Waals surface area contributed by atoms with Crippen molar-refractivity contribution in [3.63, 3.8) is 0 Å². The van der Waals surface area contributed by atoms with Gasteiger partial charge in [0.15, 0.2) is 0 Å². The molecule has 0 saturated carbocycles. The standard InChI is InChI=1S/C18H25N3O2/c1-13(22)19-8-5-14-11-20-18-15(3-2-4-17(14)18)12-21-9-6-16(23)7-10-21/h2-4,11,16,20,23H,5-10,12H2,1H3,(H,19,22). The number of carbonyl (C=O) groups excluding carboxylic acids is 1. The van der Waals surface area contributed by atoms with Gasteiger partial charge < -0.3 is 15.4 Å². The quantitative estimate of drug-likeness (QED) is 0.788. The molecule has 3 rings (SSSR count). The average Bonchev–Trinajstić information content (AvgIpc) is 2.94. The van der Waals surface area contributed by atoms with Crippen LogP contribution in [0.4, 0.5) is 0 Å². The number of hydrogen-bond acceptors (Lipinski definition) is 3. The number of benzene rings is 1. The van der Waals surface area contributed by atoms with Crippen LogP contribution in [0, 0.1) is 0 Å². The van der Waals surface area contributed by atoms with E-state index in [1.54, 1.807) is 6.92 Å². The minimum Gasteiger partial charge on any atom is -0.393 e. The molecular weight excluding hydrogens is 290 g/mol. The van der Waals surface area contributed by atoms with E-state index in [1.165, 1.54) is 22.0 Å². The molecule has 5 heteroatoms. The van der Waals surface area contributed by atoms with Crippen LogP contribution in [0.15, 0.2) is 24.4 Å². The Hall–Kier alpha value is -1.85. The molecule has 3 N–H and O–H groups in total. The summed E-state index contributed by atoms with van der Waals surface area (Å²) in [5, 5.41) is 13.7. The summed E-state index contributed by atoms with van der Waals surface area (Å²) in [6.07, 6.45) is 4.48. The summed E-state index contributed by atoms with van der Waals surface area (Å²) in [4.78, 5) is 16.8. The van der Waals surface area contributed by atoms with Crippen molar-refractivity contribution in [1.82, 2.24) is 15.2 Å². The number of likely N-dealkylation sites (tertiary alicyclic amines) is 1. The second-order valence-electron chi connectivity index (χ2n) is 6.39. The number of hydrogen-bond donors (Lipinski definition) is 3. The third-order valence-corrected chi connectivity index (χ3v) is 4.61. The van der Waals surface area contributed by atoms with Crippen molar-refractivity contribution in [3.05, 3.63) is 35.5 Å². The Balaban J connectivity index is 1.72. The number of fused-ring (bicyclic) bond motifs is 1. The van der Waals surface area contributed by atoms with Crippen LogP contribution in [0.25, 0.3) is 10.9 Å². The van der Waals surface area contributed by atoms with Gasteiger partial charge in [-0.2, -0.15) is 0 Å². The summed E-state index contributed by atoms with van der Waals surface area (Å²) in [6, 6.07) is 6.41. The Kier molecular flexibility index (Phi) is 4.98. The molecule has 0 unspecified atom stereocenters. The van der Waals surface area contributed by atoms with Crippen molar-refractivity contribution in [2.24, 2.45) is 0 Å². The highest BCUT2D eigenvalue weighted by molar-refractivity contribution is 5.86. The number of nitrogens with one attached hydrogen (secondary N) is 2. The first-order valence-electron chi connectivity index (χ1n) is 8.36. The van der Waals surface area contributed by atoms with E-state index in [1.807, 2.05) is 0 Å². The zero-order chi connectivity index (χ0) is 16.2. The Bertz CT molecular complexity index is 672. The molecule has 0 radical (unpaired) electrons. The lowest BCUT2D eigenvalue weighted by Crippen LogP contribution is -2.35. The van der Waals surface area contributed by atoms with Gasteiger partial charge in [-0.1, -0.05) is 18.2 Å². The predicted molar refractivity (Wildman–Crippen MR) is 91.2 cm³/mol. The maximum absolute atomic E-state index is 11.0. The highest BCUT2D eigenvalue weighted by atomic mass is 16.3. The van der Waals surface area contributed by atoms with Gasteiger partial charge in [0.1, 0.15) is 0 Å². The number of H-pyrrole nitrogens is 1. The van der Waals surface area contributed by atoms with Crippen LogP contribution >= 0.6 is 0 Å². The number of rotatable bonds is 5. The van der Waals surface area contributed by atoms with Gasteiger partial charge in [0.05, 0.1) is 11.6 Å². The van der Waals surface area contributed by atoms with Gasteiger partial charge in [-0.3, -0.25) is 9.69 Å². The topological polar surface area (TPSA) is 68.4 Å². The molecule has 1 saturated heterocycles. The highest BCUT2D eigenvalue weighted by Gasteiger charge is 2.18. The van der Waals surface area contributed by atoms with Crippen molar-refractivity contribution >= 4 is 16.8 Å². The molecule has 1 aliphatic heterocycles. The van der Waals surface area contributed by atoms with E-state index in [2.05, 4.69) is 39.6 Å². The number of carbonyl (C=O) groups is 1. The molecule has 0 spiro atoms. The van der Waals surface area contributed by atoms with Gasteiger partial charge in [-0.15, -0.1) is 0 Å². The first-order valence-corrected chi connectivity index (χ1v) is 8.36. The lowest BCUT2D eigenvalue weighted by molar-refractivity contribution is -0.118. The van der Waals surface area contributed by atoms with Crippen molar-refractivity contribution in [2.45, 2.75) is 38.8 Å². The number of nitrogens with zero attached hydrogens (tertiary/aromatic N) is 1. The van der Waals surface area contributed by atoms with Crippen LogP contribution in [0.1, 0.15) is 30.9 Å². The van der Waals surface area contributed by atoms with Crippen LogP contribution in [-0.2, 0) is 17.8 Å². The number of aliphatic hydroxyl groups excluding tert-OH is 1. The Morgan fingerprint density at radius 3 is 2.87 bits per heavy atom.